The average molecular weight is 367 g/mol. The van der Waals surface area contributed by atoms with E-state index in [-0.39, 0.29) is 18.0 Å². The molecule has 1 amide bonds. The van der Waals surface area contributed by atoms with Gasteiger partial charge in [-0.25, -0.2) is 14.3 Å². The number of piperazine rings is 1. The lowest BCUT2D eigenvalue weighted by Crippen LogP contribution is -2.50. The Morgan fingerprint density at radius 1 is 1.00 bits per heavy atom. The third-order valence-corrected chi connectivity index (χ3v) is 4.32. The molecule has 3 aromatic rings. The van der Waals surface area contributed by atoms with Crippen molar-refractivity contribution in [2.45, 2.75) is 6.54 Å². The number of anilines is 1. The molecule has 1 aliphatic heterocycles. The van der Waals surface area contributed by atoms with E-state index < -0.39 is 0 Å². The van der Waals surface area contributed by atoms with E-state index in [4.69, 9.17) is 0 Å². The Morgan fingerprint density at radius 2 is 1.78 bits per heavy atom. The average Bonchev–Trinajstić information content (AvgIpc) is 3.25. The molecule has 0 bridgehead atoms. The summed E-state index contributed by atoms with van der Waals surface area (Å²) in [6, 6.07) is 6.63. The normalized spacial score (nSPS) is 14.4. The Bertz CT molecular complexity index is 960. The van der Waals surface area contributed by atoms with Gasteiger partial charge in [-0.05, 0) is 18.2 Å². The van der Waals surface area contributed by atoms with Crippen LogP contribution in [0.15, 0.2) is 47.9 Å². The van der Waals surface area contributed by atoms with Crippen molar-refractivity contribution < 1.29 is 4.79 Å². The molecule has 0 saturated carbocycles. The molecule has 138 valence electrons. The molecular formula is C16H17N9O2. The van der Waals surface area contributed by atoms with Crippen molar-refractivity contribution in [1.29, 1.82) is 0 Å². The fourth-order valence-corrected chi connectivity index (χ4v) is 2.85. The molecule has 0 atom stereocenters. The summed E-state index contributed by atoms with van der Waals surface area (Å²) >= 11 is 0. The molecule has 4 heterocycles. The van der Waals surface area contributed by atoms with Gasteiger partial charge in [-0.2, -0.15) is 10.2 Å². The first-order valence-electron chi connectivity index (χ1n) is 8.44. The van der Waals surface area contributed by atoms with Gasteiger partial charge in [0.1, 0.15) is 19.2 Å². The van der Waals surface area contributed by atoms with E-state index in [1.807, 2.05) is 12.1 Å². The Hall–Kier alpha value is -3.63. The van der Waals surface area contributed by atoms with E-state index in [2.05, 4.69) is 30.3 Å². The molecule has 11 heteroatoms. The summed E-state index contributed by atoms with van der Waals surface area (Å²) in [4.78, 5) is 31.8. The number of rotatable bonds is 4. The molecule has 4 rings (SSSR count). The number of amides is 1. The van der Waals surface area contributed by atoms with Gasteiger partial charge < -0.3 is 9.80 Å². The van der Waals surface area contributed by atoms with Crippen LogP contribution in [0, 0.1) is 0 Å². The van der Waals surface area contributed by atoms with Gasteiger partial charge in [-0.3, -0.25) is 9.59 Å². The zero-order valence-electron chi connectivity index (χ0n) is 14.4. The van der Waals surface area contributed by atoms with Gasteiger partial charge >= 0.3 is 0 Å². The second-order valence-electron chi connectivity index (χ2n) is 5.98. The van der Waals surface area contributed by atoms with Crippen molar-refractivity contribution in [3.8, 4) is 5.82 Å². The summed E-state index contributed by atoms with van der Waals surface area (Å²) in [7, 11) is 0. The summed E-state index contributed by atoms with van der Waals surface area (Å²) in [5.41, 5.74) is -0.285. The van der Waals surface area contributed by atoms with Gasteiger partial charge in [-0.1, -0.05) is 0 Å². The maximum atomic E-state index is 12.4. The summed E-state index contributed by atoms with van der Waals surface area (Å²) < 4.78 is 2.70. The topological polar surface area (TPSA) is 115 Å². The molecule has 3 aromatic heterocycles. The lowest BCUT2D eigenvalue weighted by atomic mass is 10.3. The van der Waals surface area contributed by atoms with Crippen LogP contribution in [0.5, 0.6) is 0 Å². The summed E-state index contributed by atoms with van der Waals surface area (Å²) in [6.07, 6.45) is 4.49. The number of carbonyl (C=O) groups is 1. The van der Waals surface area contributed by atoms with Gasteiger partial charge in [0.25, 0.3) is 5.56 Å². The van der Waals surface area contributed by atoms with E-state index in [9.17, 15) is 9.59 Å². The van der Waals surface area contributed by atoms with Crippen molar-refractivity contribution in [2.24, 2.45) is 0 Å². The van der Waals surface area contributed by atoms with Crippen LogP contribution in [-0.2, 0) is 11.3 Å². The predicted octanol–water partition coefficient (Wildman–Crippen LogP) is -1.04. The van der Waals surface area contributed by atoms with Crippen LogP contribution in [0.4, 0.5) is 5.82 Å². The second kappa shape index (κ2) is 7.32. The van der Waals surface area contributed by atoms with Gasteiger partial charge in [0.15, 0.2) is 11.6 Å². The highest BCUT2D eigenvalue weighted by Gasteiger charge is 2.22. The Labute approximate surface area is 153 Å². The van der Waals surface area contributed by atoms with Crippen molar-refractivity contribution in [2.75, 3.05) is 31.1 Å². The highest BCUT2D eigenvalue weighted by Crippen LogP contribution is 2.14. The molecule has 0 spiro atoms. The Balaban J connectivity index is 1.35. The second-order valence-corrected chi connectivity index (χ2v) is 5.98. The highest BCUT2D eigenvalue weighted by atomic mass is 16.2. The van der Waals surface area contributed by atoms with Crippen LogP contribution in [0.2, 0.25) is 0 Å². The van der Waals surface area contributed by atoms with Gasteiger partial charge in [0.05, 0.1) is 0 Å². The van der Waals surface area contributed by atoms with E-state index in [0.717, 1.165) is 5.82 Å². The van der Waals surface area contributed by atoms with Crippen LogP contribution in [-0.4, -0.2) is 71.7 Å². The fraction of sp³-hybridized carbons (Fsp3) is 0.312. The maximum absolute atomic E-state index is 12.4. The SMILES string of the molecule is O=C(Cn1ncccc1=O)N1CCN(c2ccc(-n3cncn3)nn2)CC1. The van der Waals surface area contributed by atoms with E-state index in [1.54, 1.807) is 17.3 Å². The van der Waals surface area contributed by atoms with Crippen molar-refractivity contribution >= 4 is 11.7 Å². The number of hydrogen-bond donors (Lipinski definition) is 0. The Morgan fingerprint density at radius 3 is 2.44 bits per heavy atom. The summed E-state index contributed by atoms with van der Waals surface area (Å²) in [5, 5.41) is 16.3. The first-order chi connectivity index (χ1) is 13.2. The zero-order valence-corrected chi connectivity index (χ0v) is 14.4. The molecule has 0 radical (unpaired) electrons. The quantitative estimate of drug-likeness (QED) is 0.574. The van der Waals surface area contributed by atoms with Crippen molar-refractivity contribution in [3.63, 3.8) is 0 Å². The van der Waals surface area contributed by atoms with E-state index in [0.29, 0.717) is 32.0 Å². The minimum Gasteiger partial charge on any atom is -0.352 e. The van der Waals surface area contributed by atoms with Crippen LogP contribution in [0.1, 0.15) is 0 Å². The molecule has 27 heavy (non-hydrogen) atoms. The zero-order chi connectivity index (χ0) is 18.6. The lowest BCUT2D eigenvalue weighted by Gasteiger charge is -2.35. The fourth-order valence-electron chi connectivity index (χ4n) is 2.85. The molecule has 0 aromatic carbocycles. The third-order valence-electron chi connectivity index (χ3n) is 4.32. The van der Waals surface area contributed by atoms with Gasteiger partial charge in [-0.15, -0.1) is 10.2 Å². The molecule has 0 N–H and O–H groups in total. The standard InChI is InChI=1S/C16H17N9O2/c26-15-2-1-5-18-24(15)10-16(27)23-8-6-22(7-9-23)13-3-4-14(21-20-13)25-12-17-11-19-25/h1-5,11-12H,6-10H2. The van der Waals surface area contributed by atoms with Gasteiger partial charge in [0.2, 0.25) is 5.91 Å². The van der Waals surface area contributed by atoms with Crippen LogP contribution >= 0.6 is 0 Å². The Kier molecular flexibility index (Phi) is 4.56. The first kappa shape index (κ1) is 16.8. The van der Waals surface area contributed by atoms with E-state index >= 15 is 0 Å². The number of nitrogens with zero attached hydrogens (tertiary/aromatic N) is 9. The number of aromatic nitrogens is 7. The van der Waals surface area contributed by atoms with Crippen LogP contribution in [0.3, 0.4) is 0 Å². The predicted molar refractivity (Wildman–Crippen MR) is 94.2 cm³/mol. The van der Waals surface area contributed by atoms with Gasteiger partial charge in [0, 0.05) is 38.4 Å². The number of carbonyl (C=O) groups excluding carboxylic acids is 1. The molecular weight excluding hydrogens is 350 g/mol. The smallest absolute Gasteiger partial charge is 0.267 e. The molecule has 11 nitrogen and oxygen atoms in total. The third kappa shape index (κ3) is 3.66. The maximum Gasteiger partial charge on any atom is 0.267 e. The number of hydrogen-bond acceptors (Lipinski definition) is 8. The summed E-state index contributed by atoms with van der Waals surface area (Å²) in [6.45, 7) is 2.33. The van der Waals surface area contributed by atoms with Crippen molar-refractivity contribution in [1.82, 2.24) is 39.6 Å². The monoisotopic (exact) mass is 367 g/mol. The van der Waals surface area contributed by atoms with E-state index in [1.165, 1.54) is 28.0 Å². The highest BCUT2D eigenvalue weighted by molar-refractivity contribution is 5.76. The molecule has 0 unspecified atom stereocenters. The van der Waals surface area contributed by atoms with Crippen LogP contribution < -0.4 is 10.5 Å². The lowest BCUT2D eigenvalue weighted by molar-refractivity contribution is -0.132. The largest absolute Gasteiger partial charge is 0.352 e. The summed E-state index contributed by atoms with van der Waals surface area (Å²) in [5.74, 6) is 1.21. The van der Waals surface area contributed by atoms with Crippen molar-refractivity contribution in [3.05, 3.63) is 53.5 Å². The minimum atomic E-state index is -0.285. The molecule has 0 aliphatic carbocycles. The molecule has 1 aliphatic rings. The first-order valence-corrected chi connectivity index (χ1v) is 8.44. The molecule has 1 saturated heterocycles. The minimum absolute atomic E-state index is 0.0495. The molecule has 1 fully saturated rings. The van der Waals surface area contributed by atoms with Crippen LogP contribution in [0.25, 0.3) is 5.82 Å².